The molecule has 0 aliphatic carbocycles. The van der Waals surface area contributed by atoms with E-state index in [1.54, 1.807) is 18.2 Å². The average Bonchev–Trinajstić information content (AvgIpc) is 2.65. The molecule has 0 aliphatic heterocycles. The Morgan fingerprint density at radius 2 is 2.00 bits per heavy atom. The van der Waals surface area contributed by atoms with Gasteiger partial charge in [0.25, 0.3) is 0 Å². The third-order valence-corrected chi connectivity index (χ3v) is 3.37. The number of ketones is 1. The Kier molecular flexibility index (Phi) is 6.53. The minimum absolute atomic E-state index is 0.0878. The van der Waals surface area contributed by atoms with Crippen molar-refractivity contribution in [3.63, 3.8) is 0 Å². The van der Waals surface area contributed by atoms with Gasteiger partial charge in [-0.15, -0.1) is 6.42 Å². The van der Waals surface area contributed by atoms with Gasteiger partial charge in [0, 0.05) is 0 Å². The SMILES string of the molecule is C#CCOc1ccc(/C=C(\C#N)C(=O)c2ccccc2F)cc1OCC. The van der Waals surface area contributed by atoms with E-state index >= 15 is 0 Å². The predicted octanol–water partition coefficient (Wildman–Crippen LogP) is 4.03. The van der Waals surface area contributed by atoms with Crippen LogP contribution in [0.4, 0.5) is 4.39 Å². The molecule has 0 radical (unpaired) electrons. The van der Waals surface area contributed by atoms with Crippen LogP contribution in [0.2, 0.25) is 0 Å². The van der Waals surface area contributed by atoms with Gasteiger partial charge in [0.1, 0.15) is 24.1 Å². The van der Waals surface area contributed by atoms with Crippen LogP contribution in [0.1, 0.15) is 22.8 Å². The van der Waals surface area contributed by atoms with Gasteiger partial charge < -0.3 is 9.47 Å². The second kappa shape index (κ2) is 9.05. The standard InChI is InChI=1S/C21H16FNO3/c1-3-11-26-19-10-9-15(13-20(19)25-4-2)12-16(14-23)21(24)17-7-5-6-8-18(17)22/h1,5-10,12-13H,4,11H2,2H3/b16-12+. The fraction of sp³-hybridized carbons (Fsp3) is 0.143. The van der Waals surface area contributed by atoms with Gasteiger partial charge in [-0.2, -0.15) is 5.26 Å². The lowest BCUT2D eigenvalue weighted by molar-refractivity contribution is 0.103. The summed E-state index contributed by atoms with van der Waals surface area (Å²) in [5.74, 6) is 1.90. The molecule has 0 fully saturated rings. The Labute approximate surface area is 151 Å². The maximum Gasteiger partial charge on any atom is 0.206 e. The smallest absolute Gasteiger partial charge is 0.206 e. The lowest BCUT2D eigenvalue weighted by Crippen LogP contribution is -2.05. The van der Waals surface area contributed by atoms with Crippen molar-refractivity contribution in [3.8, 4) is 29.9 Å². The second-order valence-electron chi connectivity index (χ2n) is 5.11. The average molecular weight is 349 g/mol. The highest BCUT2D eigenvalue weighted by atomic mass is 19.1. The van der Waals surface area contributed by atoms with Gasteiger partial charge in [-0.1, -0.05) is 24.1 Å². The van der Waals surface area contributed by atoms with E-state index in [4.69, 9.17) is 15.9 Å². The number of nitriles is 1. The summed E-state index contributed by atoms with van der Waals surface area (Å²) in [4.78, 5) is 12.4. The summed E-state index contributed by atoms with van der Waals surface area (Å²) in [5.41, 5.74) is 0.205. The van der Waals surface area contributed by atoms with Crippen LogP contribution in [-0.2, 0) is 0 Å². The summed E-state index contributed by atoms with van der Waals surface area (Å²) in [7, 11) is 0. The number of Topliss-reactive ketones (excluding diaryl/α,β-unsaturated/α-hetero) is 1. The van der Waals surface area contributed by atoms with Crippen molar-refractivity contribution >= 4 is 11.9 Å². The van der Waals surface area contributed by atoms with Gasteiger partial charge in [0.05, 0.1) is 12.2 Å². The van der Waals surface area contributed by atoms with Crippen LogP contribution in [0.5, 0.6) is 11.5 Å². The number of carbonyl (C=O) groups is 1. The van der Waals surface area contributed by atoms with Gasteiger partial charge >= 0.3 is 0 Å². The van der Waals surface area contributed by atoms with E-state index in [0.29, 0.717) is 23.7 Å². The number of nitrogens with zero attached hydrogens (tertiary/aromatic N) is 1. The molecule has 0 spiro atoms. The summed E-state index contributed by atoms with van der Waals surface area (Å²) in [6.45, 7) is 2.30. The number of halogens is 1. The molecule has 0 heterocycles. The molecule has 0 aliphatic rings. The molecule has 2 aromatic carbocycles. The minimum Gasteiger partial charge on any atom is -0.490 e. The summed E-state index contributed by atoms with van der Waals surface area (Å²) in [5, 5.41) is 9.31. The zero-order valence-corrected chi connectivity index (χ0v) is 14.2. The molecule has 2 rings (SSSR count). The highest BCUT2D eigenvalue weighted by Crippen LogP contribution is 2.29. The highest BCUT2D eigenvalue weighted by molar-refractivity contribution is 6.14. The molecule has 4 nitrogen and oxygen atoms in total. The normalized spacial score (nSPS) is 10.5. The first-order chi connectivity index (χ1) is 12.6. The Morgan fingerprint density at radius 1 is 1.23 bits per heavy atom. The topological polar surface area (TPSA) is 59.3 Å². The zero-order valence-electron chi connectivity index (χ0n) is 14.2. The molecule has 0 N–H and O–H groups in total. The Morgan fingerprint density at radius 3 is 2.65 bits per heavy atom. The van der Waals surface area contributed by atoms with Gasteiger partial charge in [0.15, 0.2) is 11.5 Å². The number of ether oxygens (including phenoxy) is 2. The van der Waals surface area contributed by atoms with Crippen molar-refractivity contribution in [2.75, 3.05) is 13.2 Å². The number of hydrogen-bond acceptors (Lipinski definition) is 4. The van der Waals surface area contributed by atoms with Crippen LogP contribution in [0.15, 0.2) is 48.0 Å². The lowest BCUT2D eigenvalue weighted by Gasteiger charge is -2.11. The number of allylic oxidation sites excluding steroid dienone is 1. The summed E-state index contributed by atoms with van der Waals surface area (Å²) in [6, 6.07) is 12.3. The number of benzene rings is 2. The fourth-order valence-electron chi connectivity index (χ4n) is 2.23. The summed E-state index contributed by atoms with van der Waals surface area (Å²) >= 11 is 0. The van der Waals surface area contributed by atoms with Gasteiger partial charge in [-0.25, -0.2) is 4.39 Å². The predicted molar refractivity (Wildman–Crippen MR) is 96.3 cm³/mol. The third-order valence-electron chi connectivity index (χ3n) is 3.37. The Balaban J connectivity index is 2.38. The molecule has 0 saturated carbocycles. The van der Waals surface area contributed by atoms with E-state index < -0.39 is 11.6 Å². The molecule has 130 valence electrons. The lowest BCUT2D eigenvalue weighted by atomic mass is 10.0. The van der Waals surface area contributed by atoms with Crippen molar-refractivity contribution < 1.29 is 18.7 Å². The third kappa shape index (κ3) is 4.49. The first-order valence-electron chi connectivity index (χ1n) is 7.84. The molecule has 0 aromatic heterocycles. The first kappa shape index (κ1) is 18.8. The molecule has 0 bridgehead atoms. The van der Waals surface area contributed by atoms with Crippen LogP contribution in [0.25, 0.3) is 6.08 Å². The quantitative estimate of drug-likeness (QED) is 0.328. The maximum atomic E-state index is 13.8. The maximum absolute atomic E-state index is 13.8. The first-order valence-corrected chi connectivity index (χ1v) is 7.84. The molecule has 2 aromatic rings. The largest absolute Gasteiger partial charge is 0.490 e. The van der Waals surface area contributed by atoms with Crippen molar-refractivity contribution in [2.24, 2.45) is 0 Å². The zero-order chi connectivity index (χ0) is 18.9. The van der Waals surface area contributed by atoms with E-state index in [-0.39, 0.29) is 17.7 Å². The molecule has 0 saturated heterocycles. The summed E-state index contributed by atoms with van der Waals surface area (Å²) < 4.78 is 24.7. The minimum atomic E-state index is -0.684. The molecular formula is C21H16FNO3. The van der Waals surface area contributed by atoms with Gasteiger partial charge in [0.2, 0.25) is 5.78 Å². The van der Waals surface area contributed by atoms with E-state index in [2.05, 4.69) is 5.92 Å². The van der Waals surface area contributed by atoms with Crippen LogP contribution in [-0.4, -0.2) is 19.0 Å². The molecular weight excluding hydrogens is 333 g/mol. The van der Waals surface area contributed by atoms with Crippen molar-refractivity contribution in [1.29, 1.82) is 5.26 Å². The van der Waals surface area contributed by atoms with Crippen LogP contribution in [0, 0.1) is 29.5 Å². The van der Waals surface area contributed by atoms with Gasteiger partial charge in [-0.3, -0.25) is 4.79 Å². The van der Waals surface area contributed by atoms with E-state index in [1.807, 2.05) is 13.0 Å². The molecule has 0 atom stereocenters. The van der Waals surface area contributed by atoms with E-state index in [1.165, 1.54) is 30.3 Å². The number of carbonyl (C=O) groups excluding carboxylic acids is 1. The number of hydrogen-bond donors (Lipinski definition) is 0. The highest BCUT2D eigenvalue weighted by Gasteiger charge is 2.16. The van der Waals surface area contributed by atoms with Crippen molar-refractivity contribution in [2.45, 2.75) is 6.92 Å². The Hall–Kier alpha value is -3.57. The van der Waals surface area contributed by atoms with Gasteiger partial charge in [-0.05, 0) is 42.8 Å². The second-order valence-corrected chi connectivity index (χ2v) is 5.11. The fourth-order valence-corrected chi connectivity index (χ4v) is 2.23. The van der Waals surface area contributed by atoms with Crippen molar-refractivity contribution in [1.82, 2.24) is 0 Å². The molecule has 26 heavy (non-hydrogen) atoms. The van der Waals surface area contributed by atoms with Crippen molar-refractivity contribution in [3.05, 3.63) is 65.0 Å². The molecule has 0 amide bonds. The van der Waals surface area contributed by atoms with Crippen LogP contribution in [0.3, 0.4) is 0 Å². The number of rotatable bonds is 7. The molecule has 5 heteroatoms. The number of terminal acetylenes is 1. The van der Waals surface area contributed by atoms with Crippen LogP contribution >= 0.6 is 0 Å². The molecule has 0 unspecified atom stereocenters. The van der Waals surface area contributed by atoms with E-state index in [9.17, 15) is 14.4 Å². The summed E-state index contributed by atoms with van der Waals surface area (Å²) in [6.07, 6.45) is 6.56. The van der Waals surface area contributed by atoms with E-state index in [0.717, 1.165) is 0 Å². The van der Waals surface area contributed by atoms with Crippen LogP contribution < -0.4 is 9.47 Å². The Bertz CT molecular complexity index is 920. The monoisotopic (exact) mass is 349 g/mol.